The van der Waals surface area contributed by atoms with Crippen molar-refractivity contribution in [3.8, 4) is 33.4 Å². The normalized spacial score (nSPS) is 13.1. The molecule has 13 rings (SSSR count). The third-order valence-electron chi connectivity index (χ3n) is 13.5. The van der Waals surface area contributed by atoms with Crippen LogP contribution in [0.1, 0.15) is 25.0 Å². The van der Waals surface area contributed by atoms with Gasteiger partial charge in [0, 0.05) is 49.1 Å². The molecular formula is C59H39NO2. The van der Waals surface area contributed by atoms with Crippen molar-refractivity contribution in [2.75, 3.05) is 4.90 Å². The van der Waals surface area contributed by atoms with Gasteiger partial charge in [-0.2, -0.15) is 0 Å². The van der Waals surface area contributed by atoms with Crippen molar-refractivity contribution in [2.24, 2.45) is 0 Å². The van der Waals surface area contributed by atoms with E-state index in [9.17, 15) is 0 Å². The summed E-state index contributed by atoms with van der Waals surface area (Å²) < 4.78 is 13.5. The van der Waals surface area contributed by atoms with Crippen LogP contribution in [-0.2, 0) is 5.41 Å². The molecule has 12 aromatic rings. The molecule has 0 fully saturated rings. The Morgan fingerprint density at radius 2 is 0.903 bits per heavy atom. The Kier molecular flexibility index (Phi) is 7.36. The van der Waals surface area contributed by atoms with Crippen molar-refractivity contribution < 1.29 is 8.83 Å². The van der Waals surface area contributed by atoms with Crippen LogP contribution in [0.5, 0.6) is 0 Å². The summed E-state index contributed by atoms with van der Waals surface area (Å²) in [5, 5.41) is 9.06. The molecule has 0 radical (unpaired) electrons. The molecular weight excluding hydrogens is 755 g/mol. The number of furan rings is 2. The molecule has 0 bridgehead atoms. The molecule has 1 aliphatic rings. The number of anilines is 3. The van der Waals surface area contributed by atoms with Crippen molar-refractivity contribution in [3.63, 3.8) is 0 Å². The van der Waals surface area contributed by atoms with Crippen LogP contribution < -0.4 is 4.90 Å². The smallest absolute Gasteiger partial charge is 0.159 e. The number of nitrogens with zero attached hydrogens (tertiary/aromatic N) is 1. The predicted molar refractivity (Wildman–Crippen MR) is 259 cm³/mol. The minimum atomic E-state index is -0.0614. The predicted octanol–water partition coefficient (Wildman–Crippen LogP) is 16.9. The van der Waals surface area contributed by atoms with Crippen LogP contribution in [0, 0.1) is 0 Å². The molecule has 0 amide bonds. The Hall–Kier alpha value is -7.88. The Balaban J connectivity index is 0.948. The van der Waals surface area contributed by atoms with Gasteiger partial charge in [-0.3, -0.25) is 0 Å². The van der Waals surface area contributed by atoms with Crippen LogP contribution in [0.4, 0.5) is 17.1 Å². The third kappa shape index (κ3) is 5.06. The van der Waals surface area contributed by atoms with E-state index in [1.807, 2.05) is 0 Å². The van der Waals surface area contributed by atoms with Crippen LogP contribution in [0.2, 0.25) is 0 Å². The standard InChI is InChI=1S/C59H39NO2/c1-59(2)51-18-8-7-15-50(51)55-43(16-9-19-52(55)59)39-23-30-42(31-24-39)60(53-20-10-17-47-49-34-26-38-12-4-6-14-45(38)57(49)62-58(47)53)41-28-21-36(22-29-41)40-27-32-46-48-33-25-37-11-3-5-13-44(37)56(48)61-54(46)35-40/h3-35H,1-2H3. The van der Waals surface area contributed by atoms with Gasteiger partial charge in [0.2, 0.25) is 0 Å². The summed E-state index contributed by atoms with van der Waals surface area (Å²) in [6.07, 6.45) is 0. The van der Waals surface area contributed by atoms with Gasteiger partial charge >= 0.3 is 0 Å². The number of hydrogen-bond donors (Lipinski definition) is 0. The van der Waals surface area contributed by atoms with Gasteiger partial charge in [0.05, 0.1) is 5.69 Å². The van der Waals surface area contributed by atoms with E-state index in [0.29, 0.717) is 0 Å². The summed E-state index contributed by atoms with van der Waals surface area (Å²) in [4.78, 5) is 2.34. The van der Waals surface area contributed by atoms with Gasteiger partial charge in [-0.05, 0) is 110 Å². The molecule has 0 saturated carbocycles. The summed E-state index contributed by atoms with van der Waals surface area (Å²) in [6, 6.07) is 72.3. The second-order valence-corrected chi connectivity index (χ2v) is 17.2. The quantitative estimate of drug-likeness (QED) is 0.174. The zero-order valence-electron chi connectivity index (χ0n) is 34.3. The van der Waals surface area contributed by atoms with Gasteiger partial charge in [-0.25, -0.2) is 0 Å². The fourth-order valence-corrected chi connectivity index (χ4v) is 10.4. The van der Waals surface area contributed by atoms with E-state index in [1.54, 1.807) is 0 Å². The van der Waals surface area contributed by atoms with E-state index in [4.69, 9.17) is 8.83 Å². The van der Waals surface area contributed by atoms with E-state index in [0.717, 1.165) is 88.2 Å². The van der Waals surface area contributed by atoms with E-state index >= 15 is 0 Å². The van der Waals surface area contributed by atoms with Crippen molar-refractivity contribution in [2.45, 2.75) is 19.3 Å². The summed E-state index contributed by atoms with van der Waals surface area (Å²) in [6.45, 7) is 4.68. The number of para-hydroxylation sites is 1. The van der Waals surface area contributed by atoms with Crippen molar-refractivity contribution in [1.82, 2.24) is 0 Å². The minimum absolute atomic E-state index is 0.0614. The first-order valence-corrected chi connectivity index (χ1v) is 21.4. The van der Waals surface area contributed by atoms with Crippen LogP contribution in [-0.4, -0.2) is 0 Å². The lowest BCUT2D eigenvalue weighted by molar-refractivity contribution is 0.660. The zero-order chi connectivity index (χ0) is 41.1. The Labute approximate surface area is 358 Å². The van der Waals surface area contributed by atoms with Crippen LogP contribution in [0.25, 0.3) is 98.8 Å². The van der Waals surface area contributed by atoms with Gasteiger partial charge in [-0.15, -0.1) is 0 Å². The molecule has 292 valence electrons. The summed E-state index contributed by atoms with van der Waals surface area (Å²) in [7, 11) is 0. The molecule has 0 unspecified atom stereocenters. The molecule has 3 heteroatoms. The fourth-order valence-electron chi connectivity index (χ4n) is 10.4. The van der Waals surface area contributed by atoms with E-state index in [2.05, 4.69) is 219 Å². The Morgan fingerprint density at radius 3 is 1.65 bits per heavy atom. The highest BCUT2D eigenvalue weighted by Gasteiger charge is 2.36. The van der Waals surface area contributed by atoms with Crippen molar-refractivity contribution >= 4 is 82.5 Å². The highest BCUT2D eigenvalue weighted by molar-refractivity contribution is 6.18. The highest BCUT2D eigenvalue weighted by Crippen LogP contribution is 2.52. The molecule has 10 aromatic carbocycles. The molecule has 2 aromatic heterocycles. The first kappa shape index (κ1) is 34.9. The van der Waals surface area contributed by atoms with Crippen LogP contribution in [0.15, 0.2) is 209 Å². The fraction of sp³-hybridized carbons (Fsp3) is 0.0508. The lowest BCUT2D eigenvalue weighted by Crippen LogP contribution is -2.14. The first-order chi connectivity index (χ1) is 30.5. The van der Waals surface area contributed by atoms with E-state index in [-0.39, 0.29) is 5.41 Å². The average molecular weight is 794 g/mol. The lowest BCUT2D eigenvalue weighted by Gasteiger charge is -2.26. The number of rotatable bonds is 5. The molecule has 2 heterocycles. The average Bonchev–Trinajstić information content (AvgIpc) is 3.98. The SMILES string of the molecule is CC1(C)c2ccccc2-c2c(-c3ccc(N(c4ccc(-c5ccc6c(c5)oc5c7ccccc7ccc65)cc4)c4cccc5c4oc4c6ccccc6ccc54)cc3)cccc21. The molecule has 0 aliphatic heterocycles. The molecule has 3 nitrogen and oxygen atoms in total. The summed E-state index contributed by atoms with van der Waals surface area (Å²) in [5.41, 5.74) is 16.7. The minimum Gasteiger partial charge on any atom is -0.455 e. The molecule has 0 spiro atoms. The number of benzene rings is 10. The molecule has 0 atom stereocenters. The van der Waals surface area contributed by atoms with Gasteiger partial charge in [0.1, 0.15) is 16.7 Å². The number of fused-ring (bicyclic) bond motifs is 13. The second kappa shape index (κ2) is 13.1. The molecule has 0 N–H and O–H groups in total. The highest BCUT2D eigenvalue weighted by atomic mass is 16.3. The topological polar surface area (TPSA) is 29.5 Å². The Morgan fingerprint density at radius 1 is 0.371 bits per heavy atom. The summed E-state index contributed by atoms with van der Waals surface area (Å²) >= 11 is 0. The molecule has 1 aliphatic carbocycles. The zero-order valence-corrected chi connectivity index (χ0v) is 34.3. The van der Waals surface area contributed by atoms with Gasteiger partial charge in [-0.1, -0.05) is 159 Å². The van der Waals surface area contributed by atoms with Gasteiger partial charge in [0.25, 0.3) is 0 Å². The van der Waals surface area contributed by atoms with E-state index in [1.165, 1.54) is 38.8 Å². The maximum Gasteiger partial charge on any atom is 0.159 e. The number of hydrogen-bond acceptors (Lipinski definition) is 3. The van der Waals surface area contributed by atoms with Crippen LogP contribution in [0.3, 0.4) is 0 Å². The monoisotopic (exact) mass is 793 g/mol. The summed E-state index contributed by atoms with van der Waals surface area (Å²) in [5.74, 6) is 0. The third-order valence-corrected chi connectivity index (χ3v) is 13.5. The molecule has 62 heavy (non-hydrogen) atoms. The van der Waals surface area contributed by atoms with Gasteiger partial charge < -0.3 is 13.7 Å². The van der Waals surface area contributed by atoms with Crippen molar-refractivity contribution in [3.05, 3.63) is 211 Å². The Bertz CT molecular complexity index is 3770. The second-order valence-electron chi connectivity index (χ2n) is 17.2. The van der Waals surface area contributed by atoms with Crippen LogP contribution >= 0.6 is 0 Å². The van der Waals surface area contributed by atoms with Crippen molar-refractivity contribution in [1.29, 1.82) is 0 Å². The largest absolute Gasteiger partial charge is 0.455 e. The maximum absolute atomic E-state index is 6.95. The maximum atomic E-state index is 6.95. The lowest BCUT2D eigenvalue weighted by atomic mass is 9.82. The van der Waals surface area contributed by atoms with E-state index < -0.39 is 0 Å². The first-order valence-electron chi connectivity index (χ1n) is 21.4. The molecule has 0 saturated heterocycles. The van der Waals surface area contributed by atoms with Gasteiger partial charge in [0.15, 0.2) is 5.58 Å².